The summed E-state index contributed by atoms with van der Waals surface area (Å²) in [6.45, 7) is 0. The van der Waals surface area contributed by atoms with Crippen LogP contribution in [0.4, 0.5) is 0 Å². The molecule has 0 spiro atoms. The molecule has 0 saturated carbocycles. The van der Waals surface area contributed by atoms with Gasteiger partial charge in [-0.15, -0.1) is 0 Å². The van der Waals surface area contributed by atoms with Gasteiger partial charge in [0.1, 0.15) is 11.2 Å². The zero-order valence-corrected chi connectivity index (χ0v) is 33.7. The molecule has 3 heteroatoms. The van der Waals surface area contributed by atoms with Crippen molar-refractivity contribution in [3.63, 3.8) is 0 Å². The van der Waals surface area contributed by atoms with Crippen molar-refractivity contribution in [2.24, 2.45) is 0 Å². The van der Waals surface area contributed by atoms with Gasteiger partial charge in [-0.1, -0.05) is 206 Å². The minimum Gasteiger partial charge on any atom is -0.456 e. The molecule has 0 unspecified atom stereocenters. The Bertz CT molecular complexity index is 3410. The zero-order chi connectivity index (χ0) is 41.0. The van der Waals surface area contributed by atoms with Gasteiger partial charge in [-0.2, -0.15) is 0 Å². The van der Waals surface area contributed by atoms with Crippen LogP contribution in [0.2, 0.25) is 0 Å². The summed E-state index contributed by atoms with van der Waals surface area (Å²) in [6.07, 6.45) is 0. The molecule has 0 atom stereocenters. The Morgan fingerprint density at radius 3 is 1.52 bits per heavy atom. The molecule has 0 bridgehead atoms. The Kier molecular flexibility index (Phi) is 8.39. The fourth-order valence-electron chi connectivity index (χ4n) is 9.86. The predicted molar refractivity (Wildman–Crippen MR) is 254 cm³/mol. The highest BCUT2D eigenvalue weighted by Crippen LogP contribution is 2.57. The van der Waals surface area contributed by atoms with E-state index in [1.165, 1.54) is 38.9 Å². The van der Waals surface area contributed by atoms with Crippen molar-refractivity contribution in [1.82, 2.24) is 9.97 Å². The van der Waals surface area contributed by atoms with Gasteiger partial charge in [0.2, 0.25) is 0 Å². The standard InChI is InChI=1S/C59H38N2O/c1-3-17-41(18-4-1)58-60-54(38-55(61-58)48-25-8-7-21-44(48)42-35-36-57-50(37-42)49-26-12-16-30-56(49)62-57)40-33-31-39(32-34-40)45-22-9-13-27-51(45)59(43-19-5-2-6-20-43)52-28-14-10-23-46(52)47-24-11-15-29-53(47)59/h1-38H. The minimum absolute atomic E-state index is 0.502. The van der Waals surface area contributed by atoms with E-state index < -0.39 is 5.41 Å². The lowest BCUT2D eigenvalue weighted by Crippen LogP contribution is -2.29. The van der Waals surface area contributed by atoms with Gasteiger partial charge in [0.05, 0.1) is 16.8 Å². The number of rotatable bonds is 7. The van der Waals surface area contributed by atoms with E-state index in [1.807, 2.05) is 30.3 Å². The summed E-state index contributed by atoms with van der Waals surface area (Å²) in [5, 5.41) is 2.20. The molecule has 1 aliphatic rings. The number of furan rings is 1. The first kappa shape index (κ1) is 35.8. The van der Waals surface area contributed by atoms with Gasteiger partial charge in [0, 0.05) is 27.5 Å². The molecule has 1 aliphatic carbocycles. The number of hydrogen-bond donors (Lipinski definition) is 0. The minimum atomic E-state index is -0.502. The fraction of sp³-hybridized carbons (Fsp3) is 0.0169. The number of nitrogens with zero attached hydrogens (tertiary/aromatic N) is 2. The molecule has 0 saturated heterocycles. The van der Waals surface area contributed by atoms with Crippen LogP contribution in [0.25, 0.3) is 89.2 Å². The van der Waals surface area contributed by atoms with Crippen molar-refractivity contribution >= 4 is 21.9 Å². The highest BCUT2D eigenvalue weighted by molar-refractivity contribution is 6.06. The quantitative estimate of drug-likeness (QED) is 0.161. The second kappa shape index (κ2) is 14.5. The van der Waals surface area contributed by atoms with Crippen LogP contribution in [0.5, 0.6) is 0 Å². The highest BCUT2D eigenvalue weighted by atomic mass is 16.3. The van der Waals surface area contributed by atoms with Crippen molar-refractivity contribution in [3.05, 3.63) is 253 Å². The van der Waals surface area contributed by atoms with Gasteiger partial charge in [-0.3, -0.25) is 0 Å². The van der Waals surface area contributed by atoms with Crippen molar-refractivity contribution in [2.45, 2.75) is 5.41 Å². The summed E-state index contributed by atoms with van der Waals surface area (Å²) < 4.78 is 6.19. The van der Waals surface area contributed by atoms with Crippen LogP contribution in [0.1, 0.15) is 22.3 Å². The van der Waals surface area contributed by atoms with Crippen molar-refractivity contribution < 1.29 is 4.42 Å². The first-order valence-electron chi connectivity index (χ1n) is 21.1. The van der Waals surface area contributed by atoms with Crippen LogP contribution in [-0.2, 0) is 5.41 Å². The van der Waals surface area contributed by atoms with E-state index in [0.29, 0.717) is 5.82 Å². The topological polar surface area (TPSA) is 38.9 Å². The highest BCUT2D eigenvalue weighted by Gasteiger charge is 2.46. The maximum Gasteiger partial charge on any atom is 0.160 e. The molecule has 0 aliphatic heterocycles. The Hall–Kier alpha value is -8.14. The van der Waals surface area contributed by atoms with Gasteiger partial charge in [-0.25, -0.2) is 9.97 Å². The van der Waals surface area contributed by atoms with Gasteiger partial charge in [0.25, 0.3) is 0 Å². The van der Waals surface area contributed by atoms with Gasteiger partial charge < -0.3 is 4.42 Å². The average Bonchev–Trinajstić information content (AvgIpc) is 3.88. The molecule has 2 heterocycles. The molecule has 11 aromatic rings. The molecule has 0 N–H and O–H groups in total. The maximum absolute atomic E-state index is 6.19. The third-order valence-corrected chi connectivity index (χ3v) is 12.6. The Morgan fingerprint density at radius 1 is 0.306 bits per heavy atom. The van der Waals surface area contributed by atoms with E-state index >= 15 is 0 Å². The molecule has 0 radical (unpaired) electrons. The summed E-state index contributed by atoms with van der Waals surface area (Å²) in [5.74, 6) is 0.682. The summed E-state index contributed by atoms with van der Waals surface area (Å²) in [6, 6.07) is 82.3. The molecule has 12 rings (SSSR count). The van der Waals surface area contributed by atoms with Crippen LogP contribution in [0.3, 0.4) is 0 Å². The van der Waals surface area contributed by atoms with E-state index in [1.54, 1.807) is 0 Å². The first-order valence-corrected chi connectivity index (χ1v) is 21.1. The number of benzene rings is 9. The molecular weight excluding hydrogens is 753 g/mol. The van der Waals surface area contributed by atoms with Crippen molar-refractivity contribution in [3.8, 4) is 67.3 Å². The average molecular weight is 791 g/mol. The smallest absolute Gasteiger partial charge is 0.160 e. The number of hydrogen-bond acceptors (Lipinski definition) is 3. The van der Waals surface area contributed by atoms with E-state index in [-0.39, 0.29) is 0 Å². The molecule has 0 amide bonds. The predicted octanol–water partition coefficient (Wildman–Crippen LogP) is 15.1. The third-order valence-electron chi connectivity index (χ3n) is 12.6. The maximum atomic E-state index is 6.19. The summed E-state index contributed by atoms with van der Waals surface area (Å²) in [7, 11) is 0. The van der Waals surface area contributed by atoms with Gasteiger partial charge >= 0.3 is 0 Å². The first-order chi connectivity index (χ1) is 30.7. The van der Waals surface area contributed by atoms with Gasteiger partial charge in [0.15, 0.2) is 5.82 Å². The van der Waals surface area contributed by atoms with Crippen LogP contribution >= 0.6 is 0 Å². The monoisotopic (exact) mass is 790 g/mol. The molecule has 9 aromatic carbocycles. The number of para-hydroxylation sites is 1. The Balaban J connectivity index is 0.996. The Labute approximate surface area is 360 Å². The molecule has 2 aromatic heterocycles. The molecule has 3 nitrogen and oxygen atoms in total. The van der Waals surface area contributed by atoms with Crippen LogP contribution < -0.4 is 0 Å². The molecule has 62 heavy (non-hydrogen) atoms. The fourth-order valence-corrected chi connectivity index (χ4v) is 9.86. The molecule has 290 valence electrons. The Morgan fingerprint density at radius 2 is 0.806 bits per heavy atom. The lowest BCUT2D eigenvalue weighted by atomic mass is 9.66. The summed E-state index contributed by atoms with van der Waals surface area (Å²) >= 11 is 0. The SMILES string of the molecule is c1ccc(-c2nc(-c3ccc(-c4ccccc4C4(c5ccccc5)c5ccccc5-c5ccccc54)cc3)cc(-c3ccccc3-c3ccc4oc5ccccc5c4c3)n2)cc1. The molecule has 0 fully saturated rings. The zero-order valence-electron chi connectivity index (χ0n) is 33.7. The normalized spacial score (nSPS) is 12.6. The number of fused-ring (bicyclic) bond motifs is 6. The summed E-state index contributed by atoms with van der Waals surface area (Å²) in [4.78, 5) is 10.5. The summed E-state index contributed by atoms with van der Waals surface area (Å²) in [5.41, 5.74) is 18.2. The largest absolute Gasteiger partial charge is 0.456 e. The van der Waals surface area contributed by atoms with E-state index in [2.05, 4.69) is 200 Å². The second-order valence-corrected chi connectivity index (χ2v) is 16.0. The van der Waals surface area contributed by atoms with E-state index in [4.69, 9.17) is 14.4 Å². The van der Waals surface area contributed by atoms with Crippen molar-refractivity contribution in [2.75, 3.05) is 0 Å². The molecular formula is C59H38N2O. The van der Waals surface area contributed by atoms with E-state index in [9.17, 15) is 0 Å². The van der Waals surface area contributed by atoms with Gasteiger partial charge in [-0.05, 0) is 79.9 Å². The van der Waals surface area contributed by atoms with Crippen LogP contribution in [0.15, 0.2) is 235 Å². The third kappa shape index (κ3) is 5.67. The second-order valence-electron chi connectivity index (χ2n) is 16.0. The lowest BCUT2D eigenvalue weighted by Gasteiger charge is -2.35. The van der Waals surface area contributed by atoms with E-state index in [0.717, 1.165) is 66.7 Å². The number of aromatic nitrogens is 2. The lowest BCUT2D eigenvalue weighted by molar-refractivity contribution is 0.669. The van der Waals surface area contributed by atoms with Crippen LogP contribution in [-0.4, -0.2) is 9.97 Å². The van der Waals surface area contributed by atoms with Crippen molar-refractivity contribution in [1.29, 1.82) is 0 Å². The van der Waals surface area contributed by atoms with Crippen LogP contribution in [0, 0.1) is 0 Å².